The standard InChI is InChI=1S/C16H18ClNO5/c1-22-12-6-13(16(20)21)18(7-12)15(19)10-4-9-5-11(17)2-3-14(9)23-8-10/h2-3,5,10,12-13H,4,6-8H2,1H3,(H,20,21). The Kier molecular flexibility index (Phi) is 4.46. The molecule has 1 saturated heterocycles. The molecule has 6 nitrogen and oxygen atoms in total. The molecule has 0 aliphatic carbocycles. The first-order valence-corrected chi connectivity index (χ1v) is 7.84. The highest BCUT2D eigenvalue weighted by atomic mass is 35.5. The average molecular weight is 340 g/mol. The summed E-state index contributed by atoms with van der Waals surface area (Å²) in [4.78, 5) is 25.6. The molecule has 3 atom stereocenters. The molecule has 0 aromatic heterocycles. The first-order chi connectivity index (χ1) is 11.0. The number of hydrogen-bond acceptors (Lipinski definition) is 4. The minimum atomic E-state index is -1.00. The van der Waals surface area contributed by atoms with Gasteiger partial charge in [0.15, 0.2) is 0 Å². The lowest BCUT2D eigenvalue weighted by Gasteiger charge is -2.30. The summed E-state index contributed by atoms with van der Waals surface area (Å²) in [5.41, 5.74) is 0.872. The number of carboxylic acids is 1. The number of aliphatic carboxylic acids is 1. The van der Waals surface area contributed by atoms with Crippen LogP contribution < -0.4 is 4.74 Å². The maximum Gasteiger partial charge on any atom is 0.326 e. The maximum atomic E-state index is 12.8. The summed E-state index contributed by atoms with van der Waals surface area (Å²) < 4.78 is 10.9. The lowest BCUT2D eigenvalue weighted by atomic mass is 9.95. The van der Waals surface area contributed by atoms with Crippen LogP contribution in [0.2, 0.25) is 5.02 Å². The van der Waals surface area contributed by atoms with Crippen molar-refractivity contribution in [2.75, 3.05) is 20.3 Å². The molecule has 0 bridgehead atoms. The molecule has 2 aliphatic heterocycles. The van der Waals surface area contributed by atoms with Crippen LogP contribution in [0.3, 0.4) is 0 Å². The average Bonchev–Trinajstić information content (AvgIpc) is 2.98. The molecule has 0 spiro atoms. The van der Waals surface area contributed by atoms with Gasteiger partial charge in [-0.2, -0.15) is 0 Å². The van der Waals surface area contributed by atoms with Gasteiger partial charge < -0.3 is 19.5 Å². The molecule has 0 radical (unpaired) electrons. The van der Waals surface area contributed by atoms with Gasteiger partial charge in [0.2, 0.25) is 5.91 Å². The van der Waals surface area contributed by atoms with Crippen molar-refractivity contribution in [2.24, 2.45) is 5.92 Å². The van der Waals surface area contributed by atoms with E-state index in [4.69, 9.17) is 21.1 Å². The molecule has 1 aromatic carbocycles. The fraction of sp³-hybridized carbons (Fsp3) is 0.500. The van der Waals surface area contributed by atoms with E-state index in [0.29, 0.717) is 24.4 Å². The van der Waals surface area contributed by atoms with Crippen LogP contribution in [0.5, 0.6) is 5.75 Å². The van der Waals surface area contributed by atoms with Gasteiger partial charge in [-0.1, -0.05) is 11.6 Å². The van der Waals surface area contributed by atoms with E-state index in [-0.39, 0.29) is 18.6 Å². The predicted octanol–water partition coefficient (Wildman–Crippen LogP) is 1.59. The number of likely N-dealkylation sites (tertiary alicyclic amines) is 1. The van der Waals surface area contributed by atoms with E-state index < -0.39 is 17.9 Å². The van der Waals surface area contributed by atoms with E-state index in [0.717, 1.165) is 11.3 Å². The number of carboxylic acid groups (broad SMARTS) is 1. The van der Waals surface area contributed by atoms with Crippen LogP contribution in [0.25, 0.3) is 0 Å². The van der Waals surface area contributed by atoms with Crippen LogP contribution in [0.15, 0.2) is 18.2 Å². The van der Waals surface area contributed by atoms with Crippen LogP contribution in [0.1, 0.15) is 12.0 Å². The molecule has 2 heterocycles. The maximum absolute atomic E-state index is 12.8. The van der Waals surface area contributed by atoms with Crippen molar-refractivity contribution >= 4 is 23.5 Å². The highest BCUT2D eigenvalue weighted by Gasteiger charge is 2.42. The van der Waals surface area contributed by atoms with Gasteiger partial charge in [-0.05, 0) is 30.2 Å². The number of methoxy groups -OCH3 is 1. The lowest BCUT2D eigenvalue weighted by Crippen LogP contribution is -2.46. The van der Waals surface area contributed by atoms with Crippen LogP contribution in [-0.2, 0) is 20.7 Å². The molecule has 1 aromatic rings. The summed E-state index contributed by atoms with van der Waals surface area (Å²) in [6, 6.07) is 4.47. The molecule has 1 N–H and O–H groups in total. The fourth-order valence-electron chi connectivity index (χ4n) is 3.20. The second-order valence-electron chi connectivity index (χ2n) is 5.90. The summed E-state index contributed by atoms with van der Waals surface area (Å²) in [5.74, 6) is -0.886. The van der Waals surface area contributed by atoms with Crippen LogP contribution in [-0.4, -0.2) is 54.3 Å². The Hall–Kier alpha value is -1.79. The van der Waals surface area contributed by atoms with E-state index in [9.17, 15) is 14.7 Å². The van der Waals surface area contributed by atoms with Gasteiger partial charge in [0.25, 0.3) is 0 Å². The molecule has 23 heavy (non-hydrogen) atoms. The highest BCUT2D eigenvalue weighted by Crippen LogP contribution is 2.32. The van der Waals surface area contributed by atoms with Gasteiger partial charge >= 0.3 is 5.97 Å². The van der Waals surface area contributed by atoms with Gasteiger partial charge in [0.05, 0.1) is 12.0 Å². The lowest BCUT2D eigenvalue weighted by molar-refractivity contribution is -0.150. The van der Waals surface area contributed by atoms with Gasteiger partial charge in [-0.25, -0.2) is 4.79 Å². The first-order valence-electron chi connectivity index (χ1n) is 7.47. The van der Waals surface area contributed by atoms with Crippen molar-refractivity contribution in [1.82, 2.24) is 4.90 Å². The number of ether oxygens (including phenoxy) is 2. The zero-order valence-corrected chi connectivity index (χ0v) is 13.5. The van der Waals surface area contributed by atoms with Crippen molar-refractivity contribution in [2.45, 2.75) is 25.0 Å². The SMILES string of the molecule is COC1CC(C(=O)O)N(C(=O)C2COc3ccc(Cl)cc3C2)C1. The minimum absolute atomic E-state index is 0.206. The monoisotopic (exact) mass is 339 g/mol. The normalized spacial score (nSPS) is 26.5. The van der Waals surface area contributed by atoms with Gasteiger partial charge in [0, 0.05) is 25.1 Å². The number of hydrogen-bond donors (Lipinski definition) is 1. The Bertz CT molecular complexity index is 635. The number of amides is 1. The largest absolute Gasteiger partial charge is 0.492 e. The third-order valence-electron chi connectivity index (χ3n) is 4.44. The Morgan fingerprint density at radius 2 is 2.22 bits per heavy atom. The second kappa shape index (κ2) is 6.37. The van der Waals surface area contributed by atoms with Crippen LogP contribution in [0, 0.1) is 5.92 Å². The van der Waals surface area contributed by atoms with Crippen LogP contribution >= 0.6 is 11.6 Å². The summed E-state index contributed by atoms with van der Waals surface area (Å²) in [6.07, 6.45) is 0.564. The number of nitrogens with zero attached hydrogens (tertiary/aromatic N) is 1. The van der Waals surface area contributed by atoms with Gasteiger partial charge in [-0.3, -0.25) is 4.79 Å². The van der Waals surface area contributed by atoms with E-state index in [2.05, 4.69) is 0 Å². The molecular weight excluding hydrogens is 322 g/mol. The molecule has 7 heteroatoms. The molecule has 3 unspecified atom stereocenters. The number of benzene rings is 1. The second-order valence-corrected chi connectivity index (χ2v) is 6.34. The van der Waals surface area contributed by atoms with E-state index >= 15 is 0 Å². The molecule has 2 aliphatic rings. The van der Waals surface area contributed by atoms with Crippen molar-refractivity contribution in [1.29, 1.82) is 0 Å². The zero-order valence-electron chi connectivity index (χ0n) is 12.7. The molecule has 124 valence electrons. The minimum Gasteiger partial charge on any atom is -0.492 e. The number of carbonyl (C=O) groups is 2. The van der Waals surface area contributed by atoms with Gasteiger partial charge in [0.1, 0.15) is 18.4 Å². The van der Waals surface area contributed by atoms with Crippen molar-refractivity contribution in [3.05, 3.63) is 28.8 Å². The van der Waals surface area contributed by atoms with E-state index in [1.165, 1.54) is 12.0 Å². The topological polar surface area (TPSA) is 76.1 Å². The summed E-state index contributed by atoms with van der Waals surface area (Å²) in [7, 11) is 1.53. The number of rotatable bonds is 3. The third kappa shape index (κ3) is 3.14. The Balaban J connectivity index is 1.77. The molecule has 1 amide bonds. The number of carbonyl (C=O) groups excluding carboxylic acids is 1. The first kappa shape index (κ1) is 16.1. The Morgan fingerprint density at radius 3 is 2.91 bits per heavy atom. The molecule has 0 saturated carbocycles. The smallest absolute Gasteiger partial charge is 0.326 e. The van der Waals surface area contributed by atoms with E-state index in [1.54, 1.807) is 18.2 Å². The van der Waals surface area contributed by atoms with Gasteiger partial charge in [-0.15, -0.1) is 0 Å². The number of halogens is 1. The fourth-order valence-corrected chi connectivity index (χ4v) is 3.40. The summed E-state index contributed by atoms with van der Waals surface area (Å²) >= 11 is 5.99. The quantitative estimate of drug-likeness (QED) is 0.905. The summed E-state index contributed by atoms with van der Waals surface area (Å²) in [5, 5.41) is 9.93. The highest BCUT2D eigenvalue weighted by molar-refractivity contribution is 6.30. The molecular formula is C16H18ClNO5. The molecule has 3 rings (SSSR count). The van der Waals surface area contributed by atoms with Crippen LogP contribution in [0.4, 0.5) is 0 Å². The van der Waals surface area contributed by atoms with Crippen molar-refractivity contribution in [3.8, 4) is 5.75 Å². The van der Waals surface area contributed by atoms with Crippen molar-refractivity contribution in [3.63, 3.8) is 0 Å². The molecule has 1 fully saturated rings. The predicted molar refractivity (Wildman–Crippen MR) is 82.7 cm³/mol. The summed E-state index contributed by atoms with van der Waals surface area (Å²) in [6.45, 7) is 0.541. The number of fused-ring (bicyclic) bond motifs is 1. The Morgan fingerprint density at radius 1 is 1.43 bits per heavy atom. The third-order valence-corrected chi connectivity index (χ3v) is 4.68. The Labute approximate surface area is 138 Å². The van der Waals surface area contributed by atoms with Crippen molar-refractivity contribution < 1.29 is 24.2 Å². The van der Waals surface area contributed by atoms with E-state index in [1.807, 2.05) is 0 Å². The zero-order chi connectivity index (χ0) is 16.6.